The molecule has 0 spiro atoms. The van der Waals surface area contributed by atoms with Crippen LogP contribution in [0.5, 0.6) is 0 Å². The van der Waals surface area contributed by atoms with Crippen LogP contribution in [-0.2, 0) is 9.47 Å². The van der Waals surface area contributed by atoms with E-state index in [1.807, 2.05) is 24.3 Å². The molecule has 1 aliphatic heterocycles. The zero-order valence-electron chi connectivity index (χ0n) is 15.1. The summed E-state index contributed by atoms with van der Waals surface area (Å²) in [6.45, 7) is 0.537. The quantitative estimate of drug-likeness (QED) is 0.572. The molecule has 4 heteroatoms. The second-order valence-corrected chi connectivity index (χ2v) is 8.66. The maximum atomic E-state index is 6.36. The second-order valence-electron chi connectivity index (χ2n) is 6.32. The first-order chi connectivity index (χ1) is 13.3. The van der Waals surface area contributed by atoms with Crippen LogP contribution in [0.15, 0.2) is 89.9 Å². The SMILES string of the molecule is COC[C@@H]1N=C(c2ccccc2[Se]c2ccccc2)O[C@H]1c1ccccc1. The summed E-state index contributed by atoms with van der Waals surface area (Å²) < 4.78 is 14.4. The maximum absolute atomic E-state index is 6.36. The first-order valence-corrected chi connectivity index (χ1v) is 10.7. The summed E-state index contributed by atoms with van der Waals surface area (Å²) in [5.74, 6) is 0.722. The van der Waals surface area contributed by atoms with E-state index in [4.69, 9.17) is 14.5 Å². The van der Waals surface area contributed by atoms with Gasteiger partial charge in [0, 0.05) is 0 Å². The minimum absolute atomic E-state index is 0.0373. The van der Waals surface area contributed by atoms with Crippen LogP contribution in [0.25, 0.3) is 0 Å². The molecule has 0 aromatic heterocycles. The summed E-state index contributed by atoms with van der Waals surface area (Å²) in [6, 6.07) is 29.2. The molecule has 0 N–H and O–H groups in total. The van der Waals surface area contributed by atoms with Gasteiger partial charge >= 0.3 is 166 Å². The number of hydrogen-bond acceptors (Lipinski definition) is 3. The summed E-state index contributed by atoms with van der Waals surface area (Å²) in [5.41, 5.74) is 2.21. The monoisotopic (exact) mass is 423 g/mol. The van der Waals surface area contributed by atoms with Gasteiger partial charge in [0.2, 0.25) is 0 Å². The van der Waals surface area contributed by atoms with Crippen LogP contribution >= 0.6 is 0 Å². The zero-order chi connectivity index (χ0) is 18.5. The molecule has 2 atom stereocenters. The molecule has 0 aliphatic carbocycles. The summed E-state index contributed by atoms with van der Waals surface area (Å²) in [5, 5.41) is 0. The first kappa shape index (κ1) is 18.0. The van der Waals surface area contributed by atoms with E-state index in [0.29, 0.717) is 6.61 Å². The van der Waals surface area contributed by atoms with E-state index in [-0.39, 0.29) is 27.1 Å². The van der Waals surface area contributed by atoms with Gasteiger partial charge in [-0.1, -0.05) is 0 Å². The molecule has 4 rings (SSSR count). The molecule has 0 saturated carbocycles. The van der Waals surface area contributed by atoms with E-state index in [0.717, 1.165) is 17.0 Å². The van der Waals surface area contributed by atoms with Gasteiger partial charge in [0.15, 0.2) is 0 Å². The van der Waals surface area contributed by atoms with Gasteiger partial charge in [0.05, 0.1) is 0 Å². The van der Waals surface area contributed by atoms with Gasteiger partial charge in [-0.05, 0) is 0 Å². The molecular weight excluding hydrogens is 401 g/mol. The fraction of sp³-hybridized carbons (Fsp3) is 0.174. The molecule has 27 heavy (non-hydrogen) atoms. The molecule has 0 amide bonds. The number of aliphatic imine (C=N–C) groups is 1. The number of hydrogen-bond donors (Lipinski definition) is 0. The van der Waals surface area contributed by atoms with Gasteiger partial charge in [-0.2, -0.15) is 0 Å². The van der Waals surface area contributed by atoms with Crippen molar-refractivity contribution in [3.05, 3.63) is 96.1 Å². The van der Waals surface area contributed by atoms with E-state index in [9.17, 15) is 0 Å². The minimum atomic E-state index is -0.113. The molecule has 1 heterocycles. The topological polar surface area (TPSA) is 30.8 Å². The zero-order valence-corrected chi connectivity index (χ0v) is 16.8. The third-order valence-corrected chi connectivity index (χ3v) is 6.70. The van der Waals surface area contributed by atoms with Gasteiger partial charge in [0.1, 0.15) is 0 Å². The third kappa shape index (κ3) is 4.14. The third-order valence-electron chi connectivity index (χ3n) is 4.43. The Morgan fingerprint density at radius 2 is 1.56 bits per heavy atom. The van der Waals surface area contributed by atoms with Crippen LogP contribution in [0.4, 0.5) is 0 Å². The summed E-state index contributed by atoms with van der Waals surface area (Å²) >= 11 is 0.200. The van der Waals surface area contributed by atoms with Crippen molar-refractivity contribution in [2.45, 2.75) is 12.1 Å². The molecule has 0 unspecified atom stereocenters. The van der Waals surface area contributed by atoms with Crippen LogP contribution in [0.2, 0.25) is 0 Å². The van der Waals surface area contributed by atoms with E-state index in [1.54, 1.807) is 7.11 Å². The van der Waals surface area contributed by atoms with E-state index < -0.39 is 0 Å². The van der Waals surface area contributed by atoms with Gasteiger partial charge in [-0.3, -0.25) is 0 Å². The van der Waals surface area contributed by atoms with Gasteiger partial charge in [-0.25, -0.2) is 0 Å². The number of methoxy groups -OCH3 is 1. The molecule has 3 aromatic carbocycles. The molecule has 1 aliphatic rings. The van der Waals surface area contributed by atoms with Crippen LogP contribution in [0, 0.1) is 0 Å². The van der Waals surface area contributed by atoms with Gasteiger partial charge < -0.3 is 0 Å². The van der Waals surface area contributed by atoms with E-state index >= 15 is 0 Å². The molecule has 0 fully saturated rings. The second kappa shape index (κ2) is 8.53. The van der Waals surface area contributed by atoms with Crippen molar-refractivity contribution in [3.8, 4) is 0 Å². The van der Waals surface area contributed by atoms with Crippen LogP contribution in [-0.4, -0.2) is 40.6 Å². The molecule has 3 nitrogen and oxygen atoms in total. The number of rotatable bonds is 6. The van der Waals surface area contributed by atoms with Crippen molar-refractivity contribution in [2.24, 2.45) is 4.99 Å². The van der Waals surface area contributed by atoms with Gasteiger partial charge in [-0.15, -0.1) is 0 Å². The Morgan fingerprint density at radius 3 is 2.30 bits per heavy atom. The molecule has 3 aromatic rings. The van der Waals surface area contributed by atoms with Crippen LogP contribution in [0.3, 0.4) is 0 Å². The van der Waals surface area contributed by atoms with Crippen molar-refractivity contribution in [1.29, 1.82) is 0 Å². The average Bonchev–Trinajstić information content (AvgIpc) is 3.14. The molecule has 0 saturated heterocycles. The Bertz CT molecular complexity index is 912. The van der Waals surface area contributed by atoms with Crippen LogP contribution < -0.4 is 8.92 Å². The van der Waals surface area contributed by atoms with Gasteiger partial charge in [0.25, 0.3) is 0 Å². The predicted octanol–water partition coefficient (Wildman–Crippen LogP) is 2.87. The Balaban J connectivity index is 1.64. The molecule has 0 bridgehead atoms. The van der Waals surface area contributed by atoms with Crippen molar-refractivity contribution in [2.75, 3.05) is 13.7 Å². The van der Waals surface area contributed by atoms with E-state index in [1.165, 1.54) is 8.92 Å². The number of nitrogens with zero attached hydrogens (tertiary/aromatic N) is 1. The summed E-state index contributed by atoms with van der Waals surface area (Å²) in [4.78, 5) is 4.89. The fourth-order valence-electron chi connectivity index (χ4n) is 3.16. The van der Waals surface area contributed by atoms with E-state index in [2.05, 4.69) is 60.7 Å². The fourth-order valence-corrected chi connectivity index (χ4v) is 5.17. The Labute approximate surface area is 166 Å². The average molecular weight is 422 g/mol. The standard InChI is InChI=1S/C23H21NO2Se/c1-25-16-20-22(17-10-4-2-5-11-17)26-23(24-20)19-14-8-9-15-21(19)27-18-12-6-3-7-13-18/h2-15,20,22H,16H2,1H3/t20-,22-/m0/s1. The molecule has 0 radical (unpaired) electrons. The van der Waals surface area contributed by atoms with Crippen molar-refractivity contribution < 1.29 is 9.47 Å². The predicted molar refractivity (Wildman–Crippen MR) is 110 cm³/mol. The van der Waals surface area contributed by atoms with Crippen molar-refractivity contribution in [1.82, 2.24) is 0 Å². The first-order valence-electron chi connectivity index (χ1n) is 8.96. The van der Waals surface area contributed by atoms with Crippen molar-refractivity contribution >= 4 is 29.8 Å². The number of benzene rings is 3. The molecule has 136 valence electrons. The number of ether oxygens (including phenoxy) is 2. The van der Waals surface area contributed by atoms with Crippen LogP contribution in [0.1, 0.15) is 17.2 Å². The summed E-state index contributed by atoms with van der Waals surface area (Å²) in [7, 11) is 1.71. The Hall–Kier alpha value is -2.39. The summed E-state index contributed by atoms with van der Waals surface area (Å²) in [6.07, 6.45) is -0.113. The Kier molecular flexibility index (Phi) is 5.69. The normalized spacial score (nSPS) is 18.8. The molecular formula is C23H21NO2Se. The Morgan fingerprint density at radius 1 is 0.889 bits per heavy atom. The van der Waals surface area contributed by atoms with Crippen molar-refractivity contribution in [3.63, 3.8) is 0 Å².